The Bertz CT molecular complexity index is 884. The largest absolute Gasteiger partial charge is 0.419 e. The molecule has 0 bridgehead atoms. The molecule has 1 aliphatic rings. The fourth-order valence-electron chi connectivity index (χ4n) is 2.96. The number of aryl methyl sites for hydroxylation is 1. The van der Waals surface area contributed by atoms with Gasteiger partial charge in [0.25, 0.3) is 5.89 Å². The lowest BCUT2D eigenvalue weighted by molar-refractivity contribution is -0.131. The minimum absolute atomic E-state index is 0.0302. The number of amides is 1. The Kier molecular flexibility index (Phi) is 3.90. The second-order valence-corrected chi connectivity index (χ2v) is 6.86. The van der Waals surface area contributed by atoms with Crippen molar-refractivity contribution in [3.05, 3.63) is 58.3 Å². The first kappa shape index (κ1) is 15.1. The molecule has 1 amide bonds. The van der Waals surface area contributed by atoms with E-state index in [2.05, 4.69) is 22.3 Å². The van der Waals surface area contributed by atoms with E-state index in [1.807, 2.05) is 35.4 Å². The Morgan fingerprint density at radius 1 is 1.25 bits per heavy atom. The van der Waals surface area contributed by atoms with E-state index in [4.69, 9.17) is 4.42 Å². The molecule has 0 atom stereocenters. The first-order valence-electron chi connectivity index (χ1n) is 7.92. The lowest BCUT2D eigenvalue weighted by Gasteiger charge is -2.28. The van der Waals surface area contributed by atoms with Gasteiger partial charge in [0.2, 0.25) is 11.8 Å². The molecule has 0 saturated heterocycles. The van der Waals surface area contributed by atoms with Crippen molar-refractivity contribution in [3.63, 3.8) is 0 Å². The zero-order chi connectivity index (χ0) is 16.5. The Balaban J connectivity index is 1.46. The van der Waals surface area contributed by atoms with Gasteiger partial charge in [0.15, 0.2) is 0 Å². The molecule has 0 N–H and O–H groups in total. The second kappa shape index (κ2) is 6.20. The van der Waals surface area contributed by atoms with E-state index >= 15 is 0 Å². The molecule has 1 aliphatic heterocycles. The number of rotatable bonds is 3. The van der Waals surface area contributed by atoms with Crippen LogP contribution in [0.15, 0.2) is 40.1 Å². The van der Waals surface area contributed by atoms with Crippen LogP contribution in [-0.4, -0.2) is 27.5 Å². The molecule has 3 aromatic rings. The third kappa shape index (κ3) is 2.85. The van der Waals surface area contributed by atoms with Crippen molar-refractivity contribution >= 4 is 17.2 Å². The average molecular weight is 339 g/mol. The van der Waals surface area contributed by atoms with Crippen LogP contribution in [0.4, 0.5) is 0 Å². The van der Waals surface area contributed by atoms with Gasteiger partial charge in [0, 0.05) is 13.1 Å². The molecule has 1 aromatic carbocycles. The Morgan fingerprint density at radius 2 is 2.08 bits per heavy atom. The van der Waals surface area contributed by atoms with Crippen LogP contribution in [0, 0.1) is 6.92 Å². The summed E-state index contributed by atoms with van der Waals surface area (Å²) >= 11 is 1.56. The number of carbonyl (C=O) groups is 1. The van der Waals surface area contributed by atoms with Gasteiger partial charge in [-0.1, -0.05) is 24.3 Å². The summed E-state index contributed by atoms with van der Waals surface area (Å²) in [6.45, 7) is 3.40. The second-order valence-electron chi connectivity index (χ2n) is 5.94. The number of carbonyl (C=O) groups excluding carboxylic acids is 1. The quantitative estimate of drug-likeness (QED) is 0.735. The molecule has 24 heavy (non-hydrogen) atoms. The molecule has 5 nitrogen and oxygen atoms in total. The molecular weight excluding hydrogens is 322 g/mol. The van der Waals surface area contributed by atoms with Crippen LogP contribution >= 0.6 is 11.3 Å². The Labute approximate surface area is 143 Å². The summed E-state index contributed by atoms with van der Waals surface area (Å²) in [5.74, 6) is 0.901. The van der Waals surface area contributed by atoms with E-state index in [-0.39, 0.29) is 12.3 Å². The predicted octanol–water partition coefficient (Wildman–Crippen LogP) is 3.23. The van der Waals surface area contributed by atoms with E-state index in [1.165, 1.54) is 11.1 Å². The summed E-state index contributed by atoms with van der Waals surface area (Å²) < 4.78 is 5.68. The molecule has 0 unspecified atom stereocenters. The number of hydrogen-bond acceptors (Lipinski definition) is 5. The third-order valence-electron chi connectivity index (χ3n) is 4.31. The lowest BCUT2D eigenvalue weighted by atomic mass is 10.00. The highest BCUT2D eigenvalue weighted by Crippen LogP contribution is 2.28. The topological polar surface area (TPSA) is 59.2 Å². The molecule has 0 saturated carbocycles. The van der Waals surface area contributed by atoms with E-state index in [0.29, 0.717) is 18.3 Å². The Hall–Kier alpha value is -2.47. The smallest absolute Gasteiger partial charge is 0.258 e. The van der Waals surface area contributed by atoms with Gasteiger partial charge in [-0.15, -0.1) is 21.5 Å². The number of nitrogens with zero attached hydrogens (tertiary/aromatic N) is 3. The van der Waals surface area contributed by atoms with Crippen molar-refractivity contribution in [2.75, 3.05) is 6.54 Å². The zero-order valence-corrected chi connectivity index (χ0v) is 14.2. The normalized spacial score (nSPS) is 13.8. The van der Waals surface area contributed by atoms with Gasteiger partial charge in [0.1, 0.15) is 6.42 Å². The van der Waals surface area contributed by atoms with Crippen molar-refractivity contribution in [2.24, 2.45) is 0 Å². The molecule has 3 heterocycles. The first-order valence-corrected chi connectivity index (χ1v) is 8.80. The molecule has 2 aromatic heterocycles. The maximum Gasteiger partial charge on any atom is 0.258 e. The van der Waals surface area contributed by atoms with Gasteiger partial charge >= 0.3 is 0 Å². The van der Waals surface area contributed by atoms with Gasteiger partial charge in [-0.05, 0) is 41.5 Å². The standard InChI is InChI=1S/C18H17N3O2S/c1-12-7-9-24-17(12)18-20-19-15(23-18)10-16(22)21-8-6-13-4-2-3-5-14(13)11-21/h2-5,7,9H,6,8,10-11H2,1H3. The number of hydrogen-bond donors (Lipinski definition) is 0. The van der Waals surface area contributed by atoms with Gasteiger partial charge in [-0.25, -0.2) is 0 Å². The van der Waals surface area contributed by atoms with E-state index < -0.39 is 0 Å². The molecule has 6 heteroatoms. The van der Waals surface area contributed by atoms with Crippen LogP contribution in [0.2, 0.25) is 0 Å². The highest BCUT2D eigenvalue weighted by Gasteiger charge is 2.22. The van der Waals surface area contributed by atoms with Crippen LogP contribution < -0.4 is 0 Å². The maximum atomic E-state index is 12.5. The first-order chi connectivity index (χ1) is 11.7. The number of benzene rings is 1. The third-order valence-corrected chi connectivity index (χ3v) is 5.31. The highest BCUT2D eigenvalue weighted by molar-refractivity contribution is 7.13. The van der Waals surface area contributed by atoms with Gasteiger partial charge in [-0.3, -0.25) is 4.79 Å². The number of aromatic nitrogens is 2. The predicted molar refractivity (Wildman–Crippen MR) is 91.6 cm³/mol. The van der Waals surface area contributed by atoms with Crippen LogP contribution in [0.1, 0.15) is 22.6 Å². The summed E-state index contributed by atoms with van der Waals surface area (Å²) in [4.78, 5) is 15.4. The minimum atomic E-state index is 0.0302. The van der Waals surface area contributed by atoms with Crippen molar-refractivity contribution < 1.29 is 9.21 Å². The molecule has 0 fully saturated rings. The molecular formula is C18H17N3O2S. The van der Waals surface area contributed by atoms with Crippen molar-refractivity contribution in [1.29, 1.82) is 0 Å². The van der Waals surface area contributed by atoms with Gasteiger partial charge in [-0.2, -0.15) is 0 Å². The van der Waals surface area contributed by atoms with Crippen molar-refractivity contribution in [2.45, 2.75) is 26.3 Å². The minimum Gasteiger partial charge on any atom is -0.419 e. The van der Waals surface area contributed by atoms with Crippen LogP contribution in [-0.2, 0) is 24.2 Å². The summed E-state index contributed by atoms with van der Waals surface area (Å²) in [6, 6.07) is 10.3. The summed E-state index contributed by atoms with van der Waals surface area (Å²) in [5.41, 5.74) is 3.65. The van der Waals surface area contributed by atoms with Crippen molar-refractivity contribution in [3.8, 4) is 10.8 Å². The number of fused-ring (bicyclic) bond motifs is 1. The van der Waals surface area contributed by atoms with E-state index in [1.54, 1.807) is 11.3 Å². The maximum absolute atomic E-state index is 12.5. The van der Waals surface area contributed by atoms with Gasteiger partial charge < -0.3 is 9.32 Å². The van der Waals surface area contributed by atoms with E-state index in [0.717, 1.165) is 23.4 Å². The molecule has 4 rings (SSSR count). The molecule has 122 valence electrons. The Morgan fingerprint density at radius 3 is 2.88 bits per heavy atom. The molecule has 0 radical (unpaired) electrons. The fraction of sp³-hybridized carbons (Fsp3) is 0.278. The highest BCUT2D eigenvalue weighted by atomic mass is 32.1. The van der Waals surface area contributed by atoms with Crippen molar-refractivity contribution in [1.82, 2.24) is 15.1 Å². The number of thiophene rings is 1. The van der Waals surface area contributed by atoms with Crippen LogP contribution in [0.5, 0.6) is 0 Å². The summed E-state index contributed by atoms with van der Waals surface area (Å²) in [6.07, 6.45) is 1.05. The lowest BCUT2D eigenvalue weighted by Crippen LogP contribution is -2.36. The summed E-state index contributed by atoms with van der Waals surface area (Å²) in [5, 5.41) is 10.1. The molecule has 0 aliphatic carbocycles. The summed E-state index contributed by atoms with van der Waals surface area (Å²) in [7, 11) is 0. The average Bonchev–Trinajstić information content (AvgIpc) is 3.23. The molecule has 0 spiro atoms. The van der Waals surface area contributed by atoms with Crippen LogP contribution in [0.25, 0.3) is 10.8 Å². The SMILES string of the molecule is Cc1ccsc1-c1nnc(CC(=O)N2CCc3ccccc3C2)o1. The van der Waals surface area contributed by atoms with Gasteiger partial charge in [0.05, 0.1) is 4.88 Å². The fourth-order valence-corrected chi connectivity index (χ4v) is 3.80. The zero-order valence-electron chi connectivity index (χ0n) is 13.4. The monoisotopic (exact) mass is 339 g/mol. The van der Waals surface area contributed by atoms with Crippen LogP contribution in [0.3, 0.4) is 0 Å². The van der Waals surface area contributed by atoms with E-state index in [9.17, 15) is 4.79 Å².